The predicted octanol–water partition coefficient (Wildman–Crippen LogP) is 3.84. The lowest BCUT2D eigenvalue weighted by molar-refractivity contribution is 0.152. The zero-order chi connectivity index (χ0) is 19.3. The zero-order valence-corrected chi connectivity index (χ0v) is 16.9. The Kier molecular flexibility index (Phi) is 5.93. The molecule has 1 fully saturated rings. The van der Waals surface area contributed by atoms with E-state index in [9.17, 15) is 0 Å². The number of methoxy groups -OCH3 is 1. The van der Waals surface area contributed by atoms with Crippen LogP contribution in [0.4, 0.5) is 5.69 Å². The SMILES string of the molecule is COc1ccc2nc3ccccc3c(NCCCCN3CCN(C)CC3)c2c1. The van der Waals surface area contributed by atoms with E-state index in [1.54, 1.807) is 7.11 Å². The number of ether oxygens (including phenoxy) is 1. The van der Waals surface area contributed by atoms with Gasteiger partial charge in [0.05, 0.1) is 23.8 Å². The smallest absolute Gasteiger partial charge is 0.119 e. The van der Waals surface area contributed by atoms with Gasteiger partial charge in [-0.1, -0.05) is 18.2 Å². The Morgan fingerprint density at radius 2 is 1.75 bits per heavy atom. The molecule has 0 unspecified atom stereocenters. The lowest BCUT2D eigenvalue weighted by Gasteiger charge is -2.32. The van der Waals surface area contributed by atoms with Crippen molar-refractivity contribution < 1.29 is 4.74 Å². The molecule has 0 saturated carbocycles. The average molecular weight is 379 g/mol. The quantitative estimate of drug-likeness (QED) is 0.500. The minimum absolute atomic E-state index is 0.864. The van der Waals surface area contributed by atoms with Crippen LogP contribution in [0.3, 0.4) is 0 Å². The lowest BCUT2D eigenvalue weighted by Crippen LogP contribution is -2.44. The van der Waals surface area contributed by atoms with Crippen LogP contribution >= 0.6 is 0 Å². The third kappa shape index (κ3) is 4.21. The van der Waals surface area contributed by atoms with Crippen molar-refractivity contribution in [3.05, 3.63) is 42.5 Å². The summed E-state index contributed by atoms with van der Waals surface area (Å²) in [4.78, 5) is 9.81. The topological polar surface area (TPSA) is 40.6 Å². The van der Waals surface area contributed by atoms with E-state index in [1.165, 1.54) is 50.2 Å². The van der Waals surface area contributed by atoms with Gasteiger partial charge in [0.1, 0.15) is 5.75 Å². The number of unbranched alkanes of at least 4 members (excludes halogenated alkanes) is 1. The third-order valence-electron chi connectivity index (χ3n) is 5.69. The van der Waals surface area contributed by atoms with Crippen LogP contribution in [-0.4, -0.2) is 68.2 Å². The molecule has 3 aromatic rings. The molecule has 0 aliphatic carbocycles. The number of pyridine rings is 1. The Hall–Kier alpha value is -2.37. The number of hydrogen-bond acceptors (Lipinski definition) is 5. The van der Waals surface area contributed by atoms with E-state index in [1.807, 2.05) is 18.2 Å². The molecule has 0 bridgehead atoms. The van der Waals surface area contributed by atoms with E-state index in [4.69, 9.17) is 9.72 Å². The van der Waals surface area contributed by atoms with Gasteiger partial charge in [-0.2, -0.15) is 0 Å². The molecule has 1 aliphatic rings. The maximum absolute atomic E-state index is 5.44. The van der Waals surface area contributed by atoms with Gasteiger partial charge >= 0.3 is 0 Å². The molecular formula is C23H30N4O. The minimum Gasteiger partial charge on any atom is -0.497 e. The maximum atomic E-state index is 5.44. The highest BCUT2D eigenvalue weighted by atomic mass is 16.5. The summed E-state index contributed by atoms with van der Waals surface area (Å²) in [5.74, 6) is 0.864. The molecule has 1 aromatic heterocycles. The molecule has 0 atom stereocenters. The fourth-order valence-corrected chi connectivity index (χ4v) is 3.93. The van der Waals surface area contributed by atoms with Crippen molar-refractivity contribution in [1.82, 2.24) is 14.8 Å². The van der Waals surface area contributed by atoms with Gasteiger partial charge in [0.15, 0.2) is 0 Å². The van der Waals surface area contributed by atoms with Crippen LogP contribution in [0, 0.1) is 0 Å². The van der Waals surface area contributed by atoms with Crippen LogP contribution in [0.15, 0.2) is 42.5 Å². The molecule has 2 aromatic carbocycles. The highest BCUT2D eigenvalue weighted by Gasteiger charge is 2.13. The molecule has 148 valence electrons. The van der Waals surface area contributed by atoms with E-state index in [2.05, 4.69) is 46.4 Å². The van der Waals surface area contributed by atoms with Gasteiger partial charge in [0.2, 0.25) is 0 Å². The Bertz CT molecular complexity index is 934. The molecular weight excluding hydrogens is 348 g/mol. The largest absolute Gasteiger partial charge is 0.497 e. The van der Waals surface area contributed by atoms with Gasteiger partial charge in [0, 0.05) is 43.5 Å². The van der Waals surface area contributed by atoms with Crippen LogP contribution in [0.1, 0.15) is 12.8 Å². The molecule has 2 heterocycles. The van der Waals surface area contributed by atoms with Crippen LogP contribution in [0.2, 0.25) is 0 Å². The molecule has 5 nitrogen and oxygen atoms in total. The Morgan fingerprint density at radius 1 is 0.964 bits per heavy atom. The highest BCUT2D eigenvalue weighted by molar-refractivity contribution is 6.07. The second-order valence-corrected chi connectivity index (χ2v) is 7.67. The number of aromatic nitrogens is 1. The number of benzene rings is 2. The van der Waals surface area contributed by atoms with Crippen molar-refractivity contribution in [3.63, 3.8) is 0 Å². The van der Waals surface area contributed by atoms with Crippen LogP contribution in [0.5, 0.6) is 5.75 Å². The van der Waals surface area contributed by atoms with Gasteiger partial charge in [-0.15, -0.1) is 0 Å². The van der Waals surface area contributed by atoms with E-state index in [0.717, 1.165) is 35.1 Å². The summed E-state index contributed by atoms with van der Waals surface area (Å²) in [6.07, 6.45) is 2.38. The van der Waals surface area contributed by atoms with Crippen molar-refractivity contribution in [2.24, 2.45) is 0 Å². The third-order valence-corrected chi connectivity index (χ3v) is 5.69. The first kappa shape index (κ1) is 19.0. The Morgan fingerprint density at radius 3 is 2.57 bits per heavy atom. The summed E-state index contributed by atoms with van der Waals surface area (Å²) in [7, 11) is 3.92. The molecule has 0 amide bonds. The summed E-state index contributed by atoms with van der Waals surface area (Å²) < 4.78 is 5.44. The van der Waals surface area contributed by atoms with Gasteiger partial charge in [-0.3, -0.25) is 0 Å². The molecule has 1 aliphatic heterocycles. The summed E-state index contributed by atoms with van der Waals surface area (Å²) >= 11 is 0. The molecule has 1 saturated heterocycles. The normalized spacial score (nSPS) is 15.9. The summed E-state index contributed by atoms with van der Waals surface area (Å²) in [6.45, 7) is 6.94. The van der Waals surface area contributed by atoms with Crippen LogP contribution in [-0.2, 0) is 0 Å². The average Bonchev–Trinajstić information content (AvgIpc) is 2.73. The van der Waals surface area contributed by atoms with Crippen molar-refractivity contribution in [1.29, 1.82) is 0 Å². The number of nitrogens with one attached hydrogen (secondary N) is 1. The number of likely N-dealkylation sites (N-methyl/N-ethyl adjacent to an activating group) is 1. The number of nitrogens with zero attached hydrogens (tertiary/aromatic N) is 3. The van der Waals surface area contributed by atoms with Gasteiger partial charge in [-0.25, -0.2) is 4.98 Å². The van der Waals surface area contributed by atoms with Crippen molar-refractivity contribution >= 4 is 27.5 Å². The van der Waals surface area contributed by atoms with E-state index in [0.29, 0.717) is 0 Å². The standard InChI is InChI=1S/C23H30N4O/c1-26-13-15-27(16-14-26)12-6-5-11-24-23-19-7-3-4-8-21(19)25-22-10-9-18(28-2)17-20(22)23/h3-4,7-10,17H,5-6,11-16H2,1-2H3,(H,24,25). The van der Waals surface area contributed by atoms with Gasteiger partial charge < -0.3 is 19.9 Å². The van der Waals surface area contributed by atoms with Gasteiger partial charge in [-0.05, 0) is 50.7 Å². The van der Waals surface area contributed by atoms with Gasteiger partial charge in [0.25, 0.3) is 0 Å². The number of fused-ring (bicyclic) bond motifs is 2. The number of anilines is 1. The fraction of sp³-hybridized carbons (Fsp3) is 0.435. The number of hydrogen-bond donors (Lipinski definition) is 1. The summed E-state index contributed by atoms with van der Waals surface area (Å²) in [6, 6.07) is 14.5. The fourth-order valence-electron chi connectivity index (χ4n) is 3.93. The first-order valence-corrected chi connectivity index (χ1v) is 10.3. The summed E-state index contributed by atoms with van der Waals surface area (Å²) in [5, 5.41) is 6.00. The Balaban J connectivity index is 1.45. The van der Waals surface area contributed by atoms with Crippen molar-refractivity contribution in [2.75, 3.05) is 58.7 Å². The number of rotatable bonds is 7. The first-order valence-electron chi connectivity index (χ1n) is 10.3. The number of piperazine rings is 1. The molecule has 0 radical (unpaired) electrons. The van der Waals surface area contributed by atoms with Crippen molar-refractivity contribution in [3.8, 4) is 5.75 Å². The molecule has 0 spiro atoms. The van der Waals surface area contributed by atoms with E-state index < -0.39 is 0 Å². The van der Waals surface area contributed by atoms with E-state index >= 15 is 0 Å². The predicted molar refractivity (Wildman–Crippen MR) is 117 cm³/mol. The second kappa shape index (κ2) is 8.76. The zero-order valence-electron chi connectivity index (χ0n) is 16.9. The monoisotopic (exact) mass is 378 g/mol. The number of para-hydroxylation sites is 1. The van der Waals surface area contributed by atoms with Crippen molar-refractivity contribution in [2.45, 2.75) is 12.8 Å². The molecule has 1 N–H and O–H groups in total. The molecule has 4 rings (SSSR count). The Labute approximate surface area is 167 Å². The first-order chi connectivity index (χ1) is 13.7. The maximum Gasteiger partial charge on any atom is 0.119 e. The van der Waals surface area contributed by atoms with Crippen LogP contribution < -0.4 is 10.1 Å². The van der Waals surface area contributed by atoms with Crippen LogP contribution in [0.25, 0.3) is 21.8 Å². The highest BCUT2D eigenvalue weighted by Crippen LogP contribution is 2.32. The minimum atomic E-state index is 0.864. The second-order valence-electron chi connectivity index (χ2n) is 7.67. The lowest BCUT2D eigenvalue weighted by atomic mass is 10.1. The summed E-state index contributed by atoms with van der Waals surface area (Å²) in [5.41, 5.74) is 3.19. The molecule has 28 heavy (non-hydrogen) atoms. The van der Waals surface area contributed by atoms with E-state index in [-0.39, 0.29) is 0 Å². The molecule has 5 heteroatoms.